The topological polar surface area (TPSA) is 26.3 Å². The van der Waals surface area contributed by atoms with Gasteiger partial charge in [-0.3, -0.25) is 0 Å². The van der Waals surface area contributed by atoms with Crippen LogP contribution in [0, 0.1) is 0 Å². The average molecular weight is 142 g/mol. The van der Waals surface area contributed by atoms with Gasteiger partial charge in [0.05, 0.1) is 7.11 Å². The lowest BCUT2D eigenvalue weighted by Gasteiger charge is -2.04. The Morgan fingerprint density at radius 3 is 2.12 bits per heavy atom. The van der Waals surface area contributed by atoms with Crippen molar-refractivity contribution in [3.63, 3.8) is 0 Å². The summed E-state index contributed by atoms with van der Waals surface area (Å²) >= 11 is 0. The quantitative estimate of drug-likeness (QED) is 0.396. The van der Waals surface area contributed by atoms with Crippen molar-refractivity contribution in [1.82, 2.24) is 0 Å². The normalized spacial score (nSPS) is 11.0. The summed E-state index contributed by atoms with van der Waals surface area (Å²) in [7, 11) is 1.97. The standard InChI is InChI=1S/C3H5F2O2P/c1-7-2(6)3(4,5)8/h8H2,1H3. The molecular formula is C3H5F2O2P. The van der Waals surface area contributed by atoms with Crippen molar-refractivity contribution >= 4 is 15.2 Å². The fourth-order valence-corrected chi connectivity index (χ4v) is 0.254. The molecule has 0 saturated carbocycles. The molecule has 0 aliphatic rings. The van der Waals surface area contributed by atoms with E-state index in [1.807, 2.05) is 0 Å². The van der Waals surface area contributed by atoms with Gasteiger partial charge in [-0.1, -0.05) is 0 Å². The van der Waals surface area contributed by atoms with Crippen molar-refractivity contribution in [1.29, 1.82) is 0 Å². The first-order chi connectivity index (χ1) is 3.48. The number of halogens is 2. The number of esters is 1. The molecule has 0 spiro atoms. The van der Waals surface area contributed by atoms with Crippen molar-refractivity contribution in [3.8, 4) is 0 Å². The Kier molecular flexibility index (Phi) is 2.28. The van der Waals surface area contributed by atoms with Crippen LogP contribution in [0.15, 0.2) is 0 Å². The summed E-state index contributed by atoms with van der Waals surface area (Å²) in [6.45, 7) is 0. The van der Waals surface area contributed by atoms with Gasteiger partial charge < -0.3 is 4.74 Å². The minimum absolute atomic E-state index is 0.903. The van der Waals surface area contributed by atoms with Crippen molar-refractivity contribution in [2.45, 2.75) is 5.66 Å². The Bertz CT molecular complexity index is 97.9. The van der Waals surface area contributed by atoms with Gasteiger partial charge >= 0.3 is 11.6 Å². The molecule has 1 atom stereocenters. The minimum Gasteiger partial charge on any atom is -0.464 e. The van der Waals surface area contributed by atoms with Crippen molar-refractivity contribution in [2.75, 3.05) is 7.11 Å². The molecule has 0 amide bonds. The highest BCUT2D eigenvalue weighted by atomic mass is 31.0. The molecule has 0 aromatic heterocycles. The molecular weight excluding hydrogens is 137 g/mol. The second-order valence-corrected chi connectivity index (χ2v) is 1.84. The van der Waals surface area contributed by atoms with E-state index in [-0.39, 0.29) is 0 Å². The molecule has 0 fully saturated rings. The third-order valence-corrected chi connectivity index (χ3v) is 0.693. The molecule has 0 radical (unpaired) electrons. The van der Waals surface area contributed by atoms with Gasteiger partial charge in [-0.05, 0) is 9.24 Å². The number of ether oxygens (including phenoxy) is 1. The molecule has 0 heterocycles. The van der Waals surface area contributed by atoms with Crippen LogP contribution in [0.5, 0.6) is 0 Å². The zero-order valence-corrected chi connectivity index (χ0v) is 5.30. The molecule has 1 unspecified atom stereocenters. The number of carbonyl (C=O) groups is 1. The largest absolute Gasteiger partial charge is 0.464 e. The summed E-state index contributed by atoms with van der Waals surface area (Å²) < 4.78 is 26.9. The van der Waals surface area contributed by atoms with Gasteiger partial charge in [0, 0.05) is 0 Å². The second-order valence-electron chi connectivity index (χ2n) is 1.11. The van der Waals surface area contributed by atoms with Crippen LogP contribution in [0.3, 0.4) is 0 Å². The summed E-state index contributed by atoms with van der Waals surface area (Å²) in [5.74, 6) is -1.54. The molecule has 0 aliphatic heterocycles. The summed E-state index contributed by atoms with van der Waals surface area (Å²) in [5.41, 5.74) is -3.44. The van der Waals surface area contributed by atoms with Crippen LogP contribution in [0.25, 0.3) is 0 Å². The van der Waals surface area contributed by atoms with Crippen molar-refractivity contribution < 1.29 is 18.3 Å². The first-order valence-electron chi connectivity index (χ1n) is 1.73. The van der Waals surface area contributed by atoms with E-state index < -0.39 is 11.6 Å². The van der Waals surface area contributed by atoms with E-state index in [1.54, 1.807) is 0 Å². The van der Waals surface area contributed by atoms with E-state index in [0.29, 0.717) is 0 Å². The number of hydrogen-bond donors (Lipinski definition) is 0. The predicted octanol–water partition coefficient (Wildman–Crippen LogP) is 0.627. The monoisotopic (exact) mass is 142 g/mol. The highest BCUT2D eigenvalue weighted by Crippen LogP contribution is 2.22. The van der Waals surface area contributed by atoms with Crippen LogP contribution < -0.4 is 0 Å². The van der Waals surface area contributed by atoms with Crippen LogP contribution in [0.2, 0.25) is 0 Å². The van der Waals surface area contributed by atoms with Gasteiger partial charge in [0.2, 0.25) is 0 Å². The first kappa shape index (κ1) is 7.76. The predicted molar refractivity (Wildman–Crippen MR) is 26.7 cm³/mol. The maximum atomic E-state index is 11.6. The molecule has 8 heavy (non-hydrogen) atoms. The number of methoxy groups -OCH3 is 1. The van der Waals surface area contributed by atoms with E-state index in [9.17, 15) is 13.6 Å². The SMILES string of the molecule is COC(=O)C(F)(F)P. The van der Waals surface area contributed by atoms with Gasteiger partial charge in [-0.2, -0.15) is 8.78 Å². The number of alkyl halides is 2. The van der Waals surface area contributed by atoms with Crippen LogP contribution in [-0.4, -0.2) is 18.7 Å². The first-order valence-corrected chi connectivity index (χ1v) is 2.31. The van der Waals surface area contributed by atoms with Gasteiger partial charge in [0.15, 0.2) is 0 Å². The fraction of sp³-hybridized carbons (Fsp3) is 0.667. The minimum atomic E-state index is -3.44. The van der Waals surface area contributed by atoms with Gasteiger partial charge in [-0.15, -0.1) is 0 Å². The number of carbonyl (C=O) groups excluding carboxylic acids is 1. The van der Waals surface area contributed by atoms with Crippen LogP contribution in [0.4, 0.5) is 8.78 Å². The van der Waals surface area contributed by atoms with Crippen molar-refractivity contribution in [3.05, 3.63) is 0 Å². The molecule has 2 nitrogen and oxygen atoms in total. The van der Waals surface area contributed by atoms with E-state index in [1.165, 1.54) is 0 Å². The molecule has 0 aromatic carbocycles. The molecule has 0 bridgehead atoms. The summed E-state index contributed by atoms with van der Waals surface area (Å²) in [6.07, 6.45) is 0. The lowest BCUT2D eigenvalue weighted by Crippen LogP contribution is -2.21. The van der Waals surface area contributed by atoms with Crippen molar-refractivity contribution in [2.24, 2.45) is 0 Å². The zero-order valence-electron chi connectivity index (χ0n) is 4.15. The Labute approximate surface area is 47.4 Å². The highest BCUT2D eigenvalue weighted by molar-refractivity contribution is 7.20. The highest BCUT2D eigenvalue weighted by Gasteiger charge is 2.33. The van der Waals surface area contributed by atoms with Gasteiger partial charge in [0.1, 0.15) is 0 Å². The molecule has 5 heteroatoms. The average Bonchev–Trinajstić information content (AvgIpc) is 1.62. The molecule has 0 N–H and O–H groups in total. The Morgan fingerprint density at radius 1 is 1.75 bits per heavy atom. The van der Waals surface area contributed by atoms with E-state index >= 15 is 0 Å². The Hall–Kier alpha value is -0.240. The molecule has 0 rings (SSSR count). The fourth-order valence-electron chi connectivity index (χ4n) is 0.136. The van der Waals surface area contributed by atoms with Crippen LogP contribution in [-0.2, 0) is 9.53 Å². The Balaban J connectivity index is 3.82. The summed E-state index contributed by atoms with van der Waals surface area (Å²) in [4.78, 5) is 9.84. The zero-order chi connectivity index (χ0) is 6.78. The number of hydrogen-bond acceptors (Lipinski definition) is 2. The van der Waals surface area contributed by atoms with E-state index in [4.69, 9.17) is 0 Å². The van der Waals surface area contributed by atoms with Crippen LogP contribution in [0.1, 0.15) is 0 Å². The van der Waals surface area contributed by atoms with E-state index in [0.717, 1.165) is 16.3 Å². The Morgan fingerprint density at radius 2 is 2.12 bits per heavy atom. The maximum absolute atomic E-state index is 11.6. The third kappa shape index (κ3) is 2.17. The smallest absolute Gasteiger partial charge is 0.380 e. The van der Waals surface area contributed by atoms with Gasteiger partial charge in [0.25, 0.3) is 0 Å². The van der Waals surface area contributed by atoms with Crippen LogP contribution >= 0.6 is 9.24 Å². The lowest BCUT2D eigenvalue weighted by atomic mass is 10.7. The third-order valence-electron chi connectivity index (χ3n) is 0.458. The number of rotatable bonds is 1. The summed E-state index contributed by atoms with van der Waals surface area (Å²) in [5, 5.41) is 0. The van der Waals surface area contributed by atoms with Gasteiger partial charge in [-0.25, -0.2) is 4.79 Å². The molecule has 0 aliphatic carbocycles. The molecule has 48 valence electrons. The van der Waals surface area contributed by atoms with E-state index in [2.05, 4.69) is 4.74 Å². The summed E-state index contributed by atoms with van der Waals surface area (Å²) in [6, 6.07) is 0. The maximum Gasteiger partial charge on any atom is 0.380 e. The molecule has 0 saturated heterocycles. The second kappa shape index (κ2) is 2.35. The molecule has 0 aromatic rings. The lowest BCUT2D eigenvalue weighted by molar-refractivity contribution is -0.156.